The molecule has 0 spiro atoms. The SMILES string of the molecule is CC(CNc1ncccc1C(=O)O)C(C)(C)C. The molecular formula is C13H20N2O2. The van der Waals surface area contributed by atoms with Gasteiger partial charge in [0.15, 0.2) is 0 Å². The summed E-state index contributed by atoms with van der Waals surface area (Å²) in [5.41, 5.74) is 0.402. The van der Waals surface area contributed by atoms with E-state index in [1.807, 2.05) is 0 Å². The largest absolute Gasteiger partial charge is 0.478 e. The quantitative estimate of drug-likeness (QED) is 0.843. The van der Waals surface area contributed by atoms with Crippen LogP contribution in [-0.2, 0) is 0 Å². The Morgan fingerprint density at radius 2 is 2.18 bits per heavy atom. The summed E-state index contributed by atoms with van der Waals surface area (Å²) in [6.45, 7) is 9.33. The minimum atomic E-state index is -0.955. The molecule has 0 radical (unpaired) electrons. The Labute approximate surface area is 102 Å². The second-order valence-electron chi connectivity index (χ2n) is 5.35. The van der Waals surface area contributed by atoms with Gasteiger partial charge in [0.2, 0.25) is 0 Å². The Kier molecular flexibility index (Phi) is 4.10. The Morgan fingerprint density at radius 3 is 2.71 bits per heavy atom. The number of carbonyl (C=O) groups is 1. The first-order valence-electron chi connectivity index (χ1n) is 5.74. The molecule has 1 aromatic rings. The van der Waals surface area contributed by atoms with Gasteiger partial charge in [-0.2, -0.15) is 0 Å². The van der Waals surface area contributed by atoms with Crippen molar-refractivity contribution in [3.63, 3.8) is 0 Å². The molecule has 17 heavy (non-hydrogen) atoms. The lowest BCUT2D eigenvalue weighted by Crippen LogP contribution is -2.25. The molecule has 1 unspecified atom stereocenters. The Morgan fingerprint density at radius 1 is 1.53 bits per heavy atom. The average Bonchev–Trinajstić information content (AvgIpc) is 2.24. The van der Waals surface area contributed by atoms with Gasteiger partial charge in [-0.1, -0.05) is 27.7 Å². The Hall–Kier alpha value is -1.58. The number of nitrogens with one attached hydrogen (secondary N) is 1. The molecule has 0 amide bonds. The number of pyridine rings is 1. The van der Waals surface area contributed by atoms with Gasteiger partial charge >= 0.3 is 5.97 Å². The molecule has 1 atom stereocenters. The summed E-state index contributed by atoms with van der Waals surface area (Å²) in [7, 11) is 0. The zero-order valence-corrected chi connectivity index (χ0v) is 10.8. The molecule has 0 saturated heterocycles. The molecule has 4 heteroatoms. The van der Waals surface area contributed by atoms with Crippen LogP contribution in [0.15, 0.2) is 18.3 Å². The molecule has 0 bridgehead atoms. The van der Waals surface area contributed by atoms with E-state index in [9.17, 15) is 4.79 Å². The van der Waals surface area contributed by atoms with Crippen LogP contribution in [0, 0.1) is 11.3 Å². The molecule has 2 N–H and O–H groups in total. The summed E-state index contributed by atoms with van der Waals surface area (Å²) in [6.07, 6.45) is 1.59. The monoisotopic (exact) mass is 236 g/mol. The number of aromatic nitrogens is 1. The standard InChI is InChI=1S/C13H20N2O2/c1-9(13(2,3)4)8-15-11-10(12(16)17)6-5-7-14-11/h5-7,9H,8H2,1-4H3,(H,14,15)(H,16,17). The normalized spacial score (nSPS) is 13.2. The highest BCUT2D eigenvalue weighted by Gasteiger charge is 2.20. The first kappa shape index (κ1) is 13.5. The maximum atomic E-state index is 11.0. The zero-order chi connectivity index (χ0) is 13.1. The van der Waals surface area contributed by atoms with Crippen LogP contribution in [0.1, 0.15) is 38.1 Å². The van der Waals surface area contributed by atoms with Crippen LogP contribution in [0.5, 0.6) is 0 Å². The molecular weight excluding hydrogens is 216 g/mol. The van der Waals surface area contributed by atoms with Crippen molar-refractivity contribution in [1.29, 1.82) is 0 Å². The van der Waals surface area contributed by atoms with Gasteiger partial charge in [0.25, 0.3) is 0 Å². The topological polar surface area (TPSA) is 62.2 Å². The second-order valence-corrected chi connectivity index (χ2v) is 5.35. The van der Waals surface area contributed by atoms with Crippen LogP contribution in [0.4, 0.5) is 5.82 Å². The molecule has 94 valence electrons. The average molecular weight is 236 g/mol. The van der Waals surface area contributed by atoms with E-state index in [4.69, 9.17) is 5.11 Å². The van der Waals surface area contributed by atoms with E-state index in [2.05, 4.69) is 38.0 Å². The molecule has 0 aliphatic carbocycles. The van der Waals surface area contributed by atoms with Crippen LogP contribution in [0.3, 0.4) is 0 Å². The molecule has 0 saturated carbocycles. The first-order valence-corrected chi connectivity index (χ1v) is 5.74. The fourth-order valence-electron chi connectivity index (χ4n) is 1.27. The first-order chi connectivity index (χ1) is 7.82. The number of rotatable bonds is 4. The maximum absolute atomic E-state index is 11.0. The molecule has 0 aromatic carbocycles. The highest BCUT2D eigenvalue weighted by molar-refractivity contribution is 5.92. The van der Waals surface area contributed by atoms with E-state index in [0.717, 1.165) is 0 Å². The van der Waals surface area contributed by atoms with Crippen LogP contribution >= 0.6 is 0 Å². The Bertz CT molecular complexity index is 397. The van der Waals surface area contributed by atoms with Crippen molar-refractivity contribution in [3.05, 3.63) is 23.9 Å². The smallest absolute Gasteiger partial charge is 0.339 e. The lowest BCUT2D eigenvalue weighted by molar-refractivity contribution is 0.0697. The van der Waals surface area contributed by atoms with E-state index < -0.39 is 5.97 Å². The summed E-state index contributed by atoms with van der Waals surface area (Å²) >= 11 is 0. The lowest BCUT2D eigenvalue weighted by Gasteiger charge is -2.27. The summed E-state index contributed by atoms with van der Waals surface area (Å²) in [5, 5.41) is 12.1. The highest BCUT2D eigenvalue weighted by Crippen LogP contribution is 2.25. The van der Waals surface area contributed by atoms with Gasteiger partial charge in [-0.15, -0.1) is 0 Å². The second kappa shape index (κ2) is 5.17. The van der Waals surface area contributed by atoms with Crippen molar-refractivity contribution in [3.8, 4) is 0 Å². The number of hydrogen-bond donors (Lipinski definition) is 2. The predicted octanol–water partition coefficient (Wildman–Crippen LogP) is 2.87. The van der Waals surface area contributed by atoms with Crippen LogP contribution in [-0.4, -0.2) is 22.6 Å². The molecule has 4 nitrogen and oxygen atoms in total. The van der Waals surface area contributed by atoms with E-state index in [-0.39, 0.29) is 11.0 Å². The van der Waals surface area contributed by atoms with Gasteiger partial charge < -0.3 is 10.4 Å². The van der Waals surface area contributed by atoms with E-state index in [1.165, 1.54) is 0 Å². The summed E-state index contributed by atoms with van der Waals surface area (Å²) in [5.74, 6) is -0.0914. The highest BCUT2D eigenvalue weighted by atomic mass is 16.4. The summed E-state index contributed by atoms with van der Waals surface area (Å²) in [6, 6.07) is 3.18. The number of aromatic carboxylic acids is 1. The Balaban J connectivity index is 2.73. The number of nitrogens with zero attached hydrogens (tertiary/aromatic N) is 1. The van der Waals surface area contributed by atoms with Gasteiger partial charge in [-0.05, 0) is 23.5 Å². The third-order valence-corrected chi connectivity index (χ3v) is 3.09. The molecule has 0 aliphatic rings. The van der Waals surface area contributed by atoms with E-state index >= 15 is 0 Å². The number of hydrogen-bond acceptors (Lipinski definition) is 3. The fraction of sp³-hybridized carbons (Fsp3) is 0.538. The molecule has 0 aliphatic heterocycles. The van der Waals surface area contributed by atoms with Crippen molar-refractivity contribution in [1.82, 2.24) is 4.98 Å². The van der Waals surface area contributed by atoms with E-state index in [1.54, 1.807) is 18.3 Å². The van der Waals surface area contributed by atoms with Gasteiger partial charge in [-0.3, -0.25) is 0 Å². The number of carboxylic acid groups (broad SMARTS) is 1. The lowest BCUT2D eigenvalue weighted by atomic mass is 9.82. The number of anilines is 1. The van der Waals surface area contributed by atoms with Crippen molar-refractivity contribution in [2.24, 2.45) is 11.3 Å². The van der Waals surface area contributed by atoms with Crippen molar-refractivity contribution < 1.29 is 9.90 Å². The zero-order valence-electron chi connectivity index (χ0n) is 10.8. The molecule has 0 fully saturated rings. The van der Waals surface area contributed by atoms with Gasteiger partial charge in [-0.25, -0.2) is 9.78 Å². The third-order valence-electron chi connectivity index (χ3n) is 3.09. The summed E-state index contributed by atoms with van der Waals surface area (Å²) < 4.78 is 0. The third kappa shape index (κ3) is 3.73. The van der Waals surface area contributed by atoms with Crippen LogP contribution in [0.25, 0.3) is 0 Å². The van der Waals surface area contributed by atoms with Crippen molar-refractivity contribution >= 4 is 11.8 Å². The van der Waals surface area contributed by atoms with Crippen molar-refractivity contribution in [2.75, 3.05) is 11.9 Å². The van der Waals surface area contributed by atoms with Gasteiger partial charge in [0.05, 0.1) is 0 Å². The number of carboxylic acids is 1. The molecule has 1 rings (SSSR count). The summed E-state index contributed by atoms with van der Waals surface area (Å²) in [4.78, 5) is 15.0. The molecule has 1 heterocycles. The van der Waals surface area contributed by atoms with Gasteiger partial charge in [0.1, 0.15) is 11.4 Å². The van der Waals surface area contributed by atoms with Crippen molar-refractivity contribution in [2.45, 2.75) is 27.7 Å². The maximum Gasteiger partial charge on any atom is 0.339 e. The van der Waals surface area contributed by atoms with Crippen LogP contribution < -0.4 is 5.32 Å². The van der Waals surface area contributed by atoms with Gasteiger partial charge in [0, 0.05) is 12.7 Å². The fourth-order valence-corrected chi connectivity index (χ4v) is 1.27. The van der Waals surface area contributed by atoms with Crippen LogP contribution in [0.2, 0.25) is 0 Å². The predicted molar refractivity (Wildman–Crippen MR) is 68.3 cm³/mol. The van der Waals surface area contributed by atoms with E-state index in [0.29, 0.717) is 18.3 Å². The minimum Gasteiger partial charge on any atom is -0.478 e. The molecule has 1 aromatic heterocycles. The minimum absolute atomic E-state index is 0.186.